The number of hydrogen-bond acceptors (Lipinski definition) is 3. The first-order chi connectivity index (χ1) is 7.29. The number of aromatic nitrogens is 2. The molecule has 1 atom stereocenters. The summed E-state index contributed by atoms with van der Waals surface area (Å²) in [6, 6.07) is 7.62. The summed E-state index contributed by atoms with van der Waals surface area (Å²) in [6.45, 7) is 1.96. The van der Waals surface area contributed by atoms with E-state index < -0.39 is 0 Å². The van der Waals surface area contributed by atoms with Crippen LogP contribution >= 0.6 is 0 Å². The summed E-state index contributed by atoms with van der Waals surface area (Å²) in [4.78, 5) is 8.29. The maximum absolute atomic E-state index is 6.14. The summed E-state index contributed by atoms with van der Waals surface area (Å²) in [5.74, 6) is 0. The fourth-order valence-electron chi connectivity index (χ4n) is 1.56. The Morgan fingerprint density at radius 1 is 1.20 bits per heavy atom. The van der Waals surface area contributed by atoms with Crippen molar-refractivity contribution in [3.63, 3.8) is 0 Å². The van der Waals surface area contributed by atoms with Crippen LogP contribution in [-0.2, 0) is 0 Å². The lowest BCUT2D eigenvalue weighted by Crippen LogP contribution is -2.13. The molecule has 3 heteroatoms. The minimum atomic E-state index is -0.146. The number of nitrogens with two attached hydrogens (primary N) is 1. The molecule has 15 heavy (non-hydrogen) atoms. The van der Waals surface area contributed by atoms with Crippen molar-refractivity contribution in [1.82, 2.24) is 9.97 Å². The van der Waals surface area contributed by atoms with Crippen molar-refractivity contribution in [2.24, 2.45) is 5.73 Å². The van der Waals surface area contributed by atoms with Gasteiger partial charge in [-0.1, -0.05) is 12.1 Å². The molecule has 0 radical (unpaired) electrons. The fourth-order valence-corrected chi connectivity index (χ4v) is 1.56. The minimum absolute atomic E-state index is 0.146. The van der Waals surface area contributed by atoms with Gasteiger partial charge in [-0.05, 0) is 30.2 Å². The van der Waals surface area contributed by atoms with Crippen molar-refractivity contribution in [3.8, 4) is 0 Å². The highest BCUT2D eigenvalue weighted by Crippen LogP contribution is 2.19. The first-order valence-corrected chi connectivity index (χ1v) is 4.86. The molecular weight excluding hydrogens is 186 g/mol. The number of nitrogens with zero attached hydrogens (tertiary/aromatic N) is 2. The summed E-state index contributed by atoms with van der Waals surface area (Å²) in [5.41, 5.74) is 9.16. The van der Waals surface area contributed by atoms with Gasteiger partial charge in [0, 0.05) is 24.3 Å². The van der Waals surface area contributed by atoms with Crippen LogP contribution in [0.1, 0.15) is 22.9 Å². The standard InChI is InChI=1S/C12H13N3/c1-9-11(5-3-7-15-9)12(13)10-4-2-6-14-8-10/h2-8,12H,13H2,1H3. The van der Waals surface area contributed by atoms with Gasteiger partial charge in [-0.2, -0.15) is 0 Å². The lowest BCUT2D eigenvalue weighted by molar-refractivity contribution is 0.841. The van der Waals surface area contributed by atoms with Gasteiger partial charge in [0.2, 0.25) is 0 Å². The third-order valence-electron chi connectivity index (χ3n) is 2.43. The molecule has 2 aromatic heterocycles. The molecule has 1 unspecified atom stereocenters. The highest BCUT2D eigenvalue weighted by atomic mass is 14.7. The van der Waals surface area contributed by atoms with Crippen LogP contribution < -0.4 is 5.73 Å². The lowest BCUT2D eigenvalue weighted by atomic mass is 10.0. The largest absolute Gasteiger partial charge is 0.320 e. The average Bonchev–Trinajstić information content (AvgIpc) is 2.30. The second-order valence-corrected chi connectivity index (χ2v) is 3.44. The van der Waals surface area contributed by atoms with E-state index in [1.54, 1.807) is 18.6 Å². The molecule has 0 saturated heterocycles. The van der Waals surface area contributed by atoms with E-state index in [0.717, 1.165) is 16.8 Å². The Kier molecular flexibility index (Phi) is 2.74. The zero-order valence-corrected chi connectivity index (χ0v) is 8.59. The van der Waals surface area contributed by atoms with Crippen LogP contribution in [0.25, 0.3) is 0 Å². The summed E-state index contributed by atoms with van der Waals surface area (Å²) >= 11 is 0. The van der Waals surface area contributed by atoms with Crippen molar-refractivity contribution in [2.75, 3.05) is 0 Å². The minimum Gasteiger partial charge on any atom is -0.320 e. The second-order valence-electron chi connectivity index (χ2n) is 3.44. The van der Waals surface area contributed by atoms with E-state index in [9.17, 15) is 0 Å². The summed E-state index contributed by atoms with van der Waals surface area (Å²) in [7, 11) is 0. The van der Waals surface area contributed by atoms with Gasteiger partial charge in [0.25, 0.3) is 0 Å². The van der Waals surface area contributed by atoms with Gasteiger partial charge in [-0.25, -0.2) is 0 Å². The zero-order valence-electron chi connectivity index (χ0n) is 8.59. The molecule has 0 aromatic carbocycles. The van der Waals surface area contributed by atoms with Crippen LogP contribution in [0.2, 0.25) is 0 Å². The quantitative estimate of drug-likeness (QED) is 0.802. The van der Waals surface area contributed by atoms with E-state index in [2.05, 4.69) is 9.97 Å². The molecule has 0 aliphatic rings. The predicted octanol–water partition coefficient (Wildman–Crippen LogP) is 1.83. The van der Waals surface area contributed by atoms with Gasteiger partial charge in [0.05, 0.1) is 6.04 Å². The first-order valence-electron chi connectivity index (χ1n) is 4.86. The second kappa shape index (κ2) is 4.19. The van der Waals surface area contributed by atoms with Gasteiger partial charge in [-0.15, -0.1) is 0 Å². The van der Waals surface area contributed by atoms with Crippen LogP contribution in [0.5, 0.6) is 0 Å². The number of aryl methyl sites for hydroxylation is 1. The van der Waals surface area contributed by atoms with E-state index in [4.69, 9.17) is 5.73 Å². The Hall–Kier alpha value is -1.74. The van der Waals surface area contributed by atoms with Crippen LogP contribution in [0.3, 0.4) is 0 Å². The smallest absolute Gasteiger partial charge is 0.0584 e. The maximum atomic E-state index is 6.14. The highest BCUT2D eigenvalue weighted by Gasteiger charge is 2.10. The number of rotatable bonds is 2. The van der Waals surface area contributed by atoms with Crippen molar-refractivity contribution >= 4 is 0 Å². The van der Waals surface area contributed by atoms with Gasteiger partial charge < -0.3 is 5.73 Å². The molecule has 0 fully saturated rings. The van der Waals surface area contributed by atoms with Gasteiger partial charge in [-0.3, -0.25) is 9.97 Å². The summed E-state index contributed by atoms with van der Waals surface area (Å²) in [6.07, 6.45) is 5.30. The molecule has 0 aliphatic carbocycles. The highest BCUT2D eigenvalue weighted by molar-refractivity contribution is 5.31. The summed E-state index contributed by atoms with van der Waals surface area (Å²) in [5, 5.41) is 0. The number of pyridine rings is 2. The van der Waals surface area contributed by atoms with E-state index in [0.29, 0.717) is 0 Å². The third kappa shape index (κ3) is 2.02. The van der Waals surface area contributed by atoms with Gasteiger partial charge in [0.1, 0.15) is 0 Å². The Bertz CT molecular complexity index is 440. The normalized spacial score (nSPS) is 12.4. The molecule has 2 rings (SSSR count). The molecule has 0 spiro atoms. The predicted molar refractivity (Wildman–Crippen MR) is 59.2 cm³/mol. The van der Waals surface area contributed by atoms with Gasteiger partial charge >= 0.3 is 0 Å². The Morgan fingerprint density at radius 3 is 2.67 bits per heavy atom. The average molecular weight is 199 g/mol. The van der Waals surface area contributed by atoms with E-state index >= 15 is 0 Å². The van der Waals surface area contributed by atoms with E-state index in [-0.39, 0.29) is 6.04 Å². The molecule has 2 heterocycles. The Balaban J connectivity index is 2.37. The molecule has 3 nitrogen and oxygen atoms in total. The van der Waals surface area contributed by atoms with Crippen molar-refractivity contribution in [1.29, 1.82) is 0 Å². The molecular formula is C12H13N3. The van der Waals surface area contributed by atoms with Crippen molar-refractivity contribution in [3.05, 3.63) is 59.7 Å². The SMILES string of the molecule is Cc1ncccc1C(N)c1cccnc1. The number of hydrogen-bond donors (Lipinski definition) is 1. The molecule has 2 N–H and O–H groups in total. The molecule has 0 aliphatic heterocycles. The molecule has 76 valence electrons. The lowest BCUT2D eigenvalue weighted by Gasteiger charge is -2.13. The van der Waals surface area contributed by atoms with Crippen LogP contribution in [0.15, 0.2) is 42.9 Å². The fraction of sp³-hybridized carbons (Fsp3) is 0.167. The van der Waals surface area contributed by atoms with Gasteiger partial charge in [0.15, 0.2) is 0 Å². The van der Waals surface area contributed by atoms with Crippen molar-refractivity contribution < 1.29 is 0 Å². The topological polar surface area (TPSA) is 51.8 Å². The first kappa shape index (κ1) is 9.80. The van der Waals surface area contributed by atoms with Crippen LogP contribution in [0, 0.1) is 6.92 Å². The third-order valence-corrected chi connectivity index (χ3v) is 2.43. The van der Waals surface area contributed by atoms with Crippen molar-refractivity contribution in [2.45, 2.75) is 13.0 Å². The van der Waals surface area contributed by atoms with E-state index in [1.807, 2.05) is 31.2 Å². The molecule has 0 saturated carbocycles. The Labute approximate surface area is 89.0 Å². The van der Waals surface area contributed by atoms with E-state index in [1.165, 1.54) is 0 Å². The molecule has 0 amide bonds. The van der Waals surface area contributed by atoms with Crippen LogP contribution in [-0.4, -0.2) is 9.97 Å². The maximum Gasteiger partial charge on any atom is 0.0584 e. The van der Waals surface area contributed by atoms with Crippen LogP contribution in [0.4, 0.5) is 0 Å². The molecule has 2 aromatic rings. The Morgan fingerprint density at radius 2 is 2.00 bits per heavy atom. The zero-order chi connectivity index (χ0) is 10.7. The molecule has 0 bridgehead atoms. The monoisotopic (exact) mass is 199 g/mol. The summed E-state index contributed by atoms with van der Waals surface area (Å²) < 4.78 is 0.